The van der Waals surface area contributed by atoms with Gasteiger partial charge in [0.1, 0.15) is 0 Å². The number of nitrogens with one attached hydrogen (secondary N) is 1. The average molecular weight is 403 g/mol. The number of amides is 1. The summed E-state index contributed by atoms with van der Waals surface area (Å²) < 4.78 is 2.02. The van der Waals surface area contributed by atoms with Crippen LogP contribution in [0, 0.1) is 5.92 Å². The number of hydrogen-bond donors (Lipinski definition) is 1. The molecule has 154 valence electrons. The average Bonchev–Trinajstić information content (AvgIpc) is 3.11. The van der Waals surface area contributed by atoms with E-state index in [0.717, 1.165) is 56.3 Å². The molecule has 5 nitrogen and oxygen atoms in total. The highest BCUT2D eigenvalue weighted by Crippen LogP contribution is 2.28. The molecule has 4 rings (SSSR count). The number of thioether (sulfide) groups is 1. The highest BCUT2D eigenvalue weighted by Gasteiger charge is 2.31. The second kappa shape index (κ2) is 9.49. The number of allylic oxidation sites excluding steroid dienone is 1. The van der Waals surface area contributed by atoms with E-state index < -0.39 is 0 Å². The van der Waals surface area contributed by atoms with Gasteiger partial charge in [-0.25, -0.2) is 0 Å². The second-order valence-electron chi connectivity index (χ2n) is 8.50. The van der Waals surface area contributed by atoms with Crippen molar-refractivity contribution in [3.8, 4) is 0 Å². The minimum absolute atomic E-state index is 0.132. The molecule has 6 heteroatoms. The zero-order chi connectivity index (χ0) is 19.3. The molecule has 2 fully saturated rings. The fourth-order valence-corrected chi connectivity index (χ4v) is 5.85. The topological polar surface area (TPSA) is 50.2 Å². The summed E-state index contributed by atoms with van der Waals surface area (Å²) >= 11 is 1.93. The third-order valence-electron chi connectivity index (χ3n) is 6.57. The van der Waals surface area contributed by atoms with E-state index in [2.05, 4.69) is 11.9 Å². The summed E-state index contributed by atoms with van der Waals surface area (Å²) in [5.74, 6) is 3.04. The van der Waals surface area contributed by atoms with Crippen molar-refractivity contribution in [3.63, 3.8) is 0 Å². The lowest BCUT2D eigenvalue weighted by Gasteiger charge is -2.29. The van der Waals surface area contributed by atoms with Crippen LogP contribution in [0.2, 0.25) is 0 Å². The molecule has 1 N–H and O–H groups in total. The molecule has 28 heavy (non-hydrogen) atoms. The lowest BCUT2D eigenvalue weighted by Crippen LogP contribution is -2.40. The van der Waals surface area contributed by atoms with Crippen molar-refractivity contribution >= 4 is 17.7 Å². The number of hydrogen-bond acceptors (Lipinski definition) is 4. The van der Waals surface area contributed by atoms with E-state index in [-0.39, 0.29) is 5.91 Å². The molecule has 1 amide bonds. The standard InChI is InChI=1S/C22H34N4OS/c1-2-10-26-20-9-8-18(23-16-17-6-4-3-5-7-17)15-19(20)21(24-26)22(27)25-11-13-28-14-12-25/h2,17-18,23H,1,3-16H2. The molecular formula is C22H34N4OS. The molecule has 0 radical (unpaired) electrons. The van der Waals surface area contributed by atoms with E-state index in [0.29, 0.717) is 18.3 Å². The van der Waals surface area contributed by atoms with Gasteiger partial charge >= 0.3 is 0 Å². The first kappa shape index (κ1) is 20.0. The Hall–Kier alpha value is -1.27. The van der Waals surface area contributed by atoms with Crippen LogP contribution in [0.4, 0.5) is 0 Å². The van der Waals surface area contributed by atoms with Crippen molar-refractivity contribution in [2.24, 2.45) is 5.92 Å². The highest BCUT2D eigenvalue weighted by molar-refractivity contribution is 7.99. The Kier molecular flexibility index (Phi) is 6.78. The van der Waals surface area contributed by atoms with Crippen LogP contribution < -0.4 is 5.32 Å². The SMILES string of the molecule is C=CCn1nc(C(=O)N2CCSCC2)c2c1CCC(NCC1CCCCC1)C2. The van der Waals surface area contributed by atoms with E-state index in [1.54, 1.807) is 0 Å². The van der Waals surface area contributed by atoms with Crippen LogP contribution in [0.15, 0.2) is 12.7 Å². The maximum Gasteiger partial charge on any atom is 0.274 e. The molecule has 2 heterocycles. The fraction of sp³-hybridized carbons (Fsp3) is 0.727. The molecule has 1 atom stereocenters. The maximum absolute atomic E-state index is 13.2. The van der Waals surface area contributed by atoms with Gasteiger partial charge in [0.2, 0.25) is 0 Å². The fourth-order valence-electron chi connectivity index (χ4n) is 4.95. The van der Waals surface area contributed by atoms with Crippen molar-refractivity contribution < 1.29 is 4.79 Å². The van der Waals surface area contributed by atoms with Crippen LogP contribution in [-0.4, -0.2) is 57.8 Å². The number of carbonyl (C=O) groups excluding carboxylic acids is 1. The quantitative estimate of drug-likeness (QED) is 0.742. The normalized spacial score (nSPS) is 23.4. The van der Waals surface area contributed by atoms with Gasteiger partial charge in [-0.1, -0.05) is 25.3 Å². The van der Waals surface area contributed by atoms with Gasteiger partial charge in [0, 0.05) is 41.9 Å². The van der Waals surface area contributed by atoms with Crippen LogP contribution in [0.1, 0.15) is 60.3 Å². The monoisotopic (exact) mass is 402 g/mol. The molecule has 2 aliphatic carbocycles. The zero-order valence-electron chi connectivity index (χ0n) is 17.0. The predicted octanol–water partition coefficient (Wildman–Crippen LogP) is 3.29. The molecular weight excluding hydrogens is 368 g/mol. The summed E-state index contributed by atoms with van der Waals surface area (Å²) in [7, 11) is 0. The highest BCUT2D eigenvalue weighted by atomic mass is 32.2. The van der Waals surface area contributed by atoms with Gasteiger partial charge in [0.05, 0.1) is 6.54 Å². The first-order valence-corrected chi connectivity index (χ1v) is 12.2. The van der Waals surface area contributed by atoms with Gasteiger partial charge < -0.3 is 10.2 Å². The summed E-state index contributed by atoms with van der Waals surface area (Å²) in [6.45, 7) is 7.38. The van der Waals surface area contributed by atoms with Crippen LogP contribution in [0.25, 0.3) is 0 Å². The third-order valence-corrected chi connectivity index (χ3v) is 7.51. The number of carbonyl (C=O) groups is 1. The molecule has 0 aromatic carbocycles. The van der Waals surface area contributed by atoms with Gasteiger partial charge in [0.15, 0.2) is 5.69 Å². The Morgan fingerprint density at radius 3 is 2.75 bits per heavy atom. The molecule has 1 aromatic heterocycles. The lowest BCUT2D eigenvalue weighted by molar-refractivity contribution is 0.0764. The third kappa shape index (κ3) is 4.48. The van der Waals surface area contributed by atoms with Gasteiger partial charge in [-0.15, -0.1) is 6.58 Å². The summed E-state index contributed by atoms with van der Waals surface area (Å²) in [5, 5.41) is 8.59. The number of aromatic nitrogens is 2. The van der Waals surface area contributed by atoms with E-state index in [9.17, 15) is 4.79 Å². The Labute approximate surface area is 173 Å². The molecule has 3 aliphatic rings. The molecule has 0 bridgehead atoms. The van der Waals surface area contributed by atoms with Crippen LogP contribution in [-0.2, 0) is 19.4 Å². The molecule has 1 aliphatic heterocycles. The lowest BCUT2D eigenvalue weighted by atomic mass is 9.87. The molecule has 1 unspecified atom stereocenters. The van der Waals surface area contributed by atoms with Crippen molar-refractivity contribution in [2.75, 3.05) is 31.1 Å². The summed E-state index contributed by atoms with van der Waals surface area (Å²) in [5.41, 5.74) is 3.15. The van der Waals surface area contributed by atoms with Gasteiger partial charge in [0.25, 0.3) is 5.91 Å². The van der Waals surface area contributed by atoms with Crippen molar-refractivity contribution in [2.45, 2.75) is 64.0 Å². The van der Waals surface area contributed by atoms with Crippen LogP contribution >= 0.6 is 11.8 Å². The van der Waals surface area contributed by atoms with Crippen molar-refractivity contribution in [1.82, 2.24) is 20.0 Å². The molecule has 1 saturated heterocycles. The van der Waals surface area contributed by atoms with E-state index >= 15 is 0 Å². The smallest absolute Gasteiger partial charge is 0.274 e. The number of rotatable bonds is 6. The van der Waals surface area contributed by atoms with Crippen LogP contribution in [0.5, 0.6) is 0 Å². The Morgan fingerprint density at radius 2 is 2.00 bits per heavy atom. The van der Waals surface area contributed by atoms with Crippen LogP contribution in [0.3, 0.4) is 0 Å². The minimum atomic E-state index is 0.132. The Balaban J connectivity index is 1.47. The van der Waals surface area contributed by atoms with Gasteiger partial charge in [-0.05, 0) is 44.6 Å². The largest absolute Gasteiger partial charge is 0.336 e. The summed E-state index contributed by atoms with van der Waals surface area (Å²) in [4.78, 5) is 15.2. The van der Waals surface area contributed by atoms with Crippen molar-refractivity contribution in [3.05, 3.63) is 29.6 Å². The van der Waals surface area contributed by atoms with Gasteiger partial charge in [-0.2, -0.15) is 16.9 Å². The predicted molar refractivity (Wildman–Crippen MR) is 116 cm³/mol. The molecule has 1 aromatic rings. The first-order valence-electron chi connectivity index (χ1n) is 11.1. The van der Waals surface area contributed by atoms with E-state index in [4.69, 9.17) is 5.10 Å². The van der Waals surface area contributed by atoms with E-state index in [1.165, 1.54) is 43.4 Å². The summed E-state index contributed by atoms with van der Waals surface area (Å²) in [6, 6.07) is 0.472. The summed E-state index contributed by atoms with van der Waals surface area (Å²) in [6.07, 6.45) is 11.9. The van der Waals surface area contributed by atoms with Crippen molar-refractivity contribution in [1.29, 1.82) is 0 Å². The second-order valence-corrected chi connectivity index (χ2v) is 9.73. The maximum atomic E-state index is 13.2. The zero-order valence-corrected chi connectivity index (χ0v) is 17.8. The minimum Gasteiger partial charge on any atom is -0.336 e. The number of nitrogens with zero attached hydrogens (tertiary/aromatic N) is 3. The Morgan fingerprint density at radius 1 is 1.21 bits per heavy atom. The first-order chi connectivity index (χ1) is 13.8. The molecule has 1 saturated carbocycles. The van der Waals surface area contributed by atoms with E-state index in [1.807, 2.05) is 27.4 Å². The molecule has 0 spiro atoms. The van der Waals surface area contributed by atoms with Gasteiger partial charge in [-0.3, -0.25) is 9.48 Å². The Bertz CT molecular complexity index is 689. The number of fused-ring (bicyclic) bond motifs is 1.